The molecular weight excluding hydrogens is 394 g/mol. The second-order valence-electron chi connectivity index (χ2n) is 8.75. The van der Waals surface area contributed by atoms with E-state index in [0.29, 0.717) is 38.6 Å². The van der Waals surface area contributed by atoms with Crippen LogP contribution in [0.1, 0.15) is 45.4 Å². The number of likely N-dealkylation sites (tertiary alicyclic amines) is 1. The zero-order valence-corrected chi connectivity index (χ0v) is 18.6. The molecule has 0 N–H and O–H groups in total. The summed E-state index contributed by atoms with van der Waals surface area (Å²) >= 11 is 0. The first-order valence-electron chi connectivity index (χ1n) is 11.8. The molecule has 2 amide bonds. The van der Waals surface area contributed by atoms with Crippen LogP contribution in [-0.2, 0) is 9.53 Å². The van der Waals surface area contributed by atoms with E-state index < -0.39 is 0 Å². The number of hydrogen-bond donors (Lipinski definition) is 0. The van der Waals surface area contributed by atoms with Gasteiger partial charge in [-0.3, -0.25) is 14.7 Å². The molecule has 2 aliphatic heterocycles. The Balaban J connectivity index is 1.41. The fourth-order valence-corrected chi connectivity index (χ4v) is 5.12. The lowest BCUT2D eigenvalue weighted by Crippen LogP contribution is -2.60. The Kier molecular flexibility index (Phi) is 7.40. The van der Waals surface area contributed by atoms with Crippen molar-refractivity contribution in [2.75, 3.05) is 50.9 Å². The van der Waals surface area contributed by atoms with Gasteiger partial charge in [0.05, 0.1) is 24.4 Å². The number of carbonyl (C=O) groups excluding carboxylic acids is 2. The monoisotopic (exact) mass is 429 g/mol. The molecule has 0 atom stereocenters. The molecule has 8 nitrogen and oxygen atoms in total. The van der Waals surface area contributed by atoms with Gasteiger partial charge in [0.1, 0.15) is 0 Å². The number of carbonyl (C=O) groups is 2. The minimum absolute atomic E-state index is 0.0235. The third kappa shape index (κ3) is 5.18. The number of piperazine rings is 1. The number of ether oxygens (including phenoxy) is 1. The molecule has 1 aliphatic carbocycles. The average Bonchev–Trinajstić information content (AvgIpc) is 3.36. The first kappa shape index (κ1) is 22.0. The van der Waals surface area contributed by atoms with Crippen molar-refractivity contribution in [3.05, 3.63) is 24.5 Å². The lowest BCUT2D eigenvalue weighted by atomic mass is 9.97. The molecule has 3 fully saturated rings. The van der Waals surface area contributed by atoms with Crippen LogP contribution in [0.4, 0.5) is 10.5 Å². The van der Waals surface area contributed by atoms with Gasteiger partial charge in [0.25, 0.3) is 0 Å². The highest BCUT2D eigenvalue weighted by Gasteiger charge is 2.35. The van der Waals surface area contributed by atoms with Crippen LogP contribution in [0.2, 0.25) is 0 Å². The number of esters is 1. The van der Waals surface area contributed by atoms with E-state index in [4.69, 9.17) is 4.74 Å². The van der Waals surface area contributed by atoms with Gasteiger partial charge >= 0.3 is 12.0 Å². The van der Waals surface area contributed by atoms with Gasteiger partial charge in [-0.1, -0.05) is 12.8 Å². The van der Waals surface area contributed by atoms with E-state index in [1.54, 1.807) is 12.4 Å². The molecule has 3 aliphatic rings. The van der Waals surface area contributed by atoms with Crippen LogP contribution in [0, 0.1) is 5.92 Å². The number of hydrazine groups is 1. The molecule has 0 unspecified atom stereocenters. The van der Waals surface area contributed by atoms with Crippen molar-refractivity contribution in [3.63, 3.8) is 0 Å². The Morgan fingerprint density at radius 2 is 1.77 bits per heavy atom. The maximum Gasteiger partial charge on any atom is 0.339 e. The number of rotatable bonds is 5. The molecule has 170 valence electrons. The van der Waals surface area contributed by atoms with Crippen LogP contribution in [0.25, 0.3) is 0 Å². The van der Waals surface area contributed by atoms with Crippen molar-refractivity contribution in [2.24, 2.45) is 5.92 Å². The maximum absolute atomic E-state index is 13.6. The maximum atomic E-state index is 13.6. The van der Waals surface area contributed by atoms with Gasteiger partial charge < -0.3 is 9.64 Å². The van der Waals surface area contributed by atoms with Gasteiger partial charge in [0, 0.05) is 51.5 Å². The second kappa shape index (κ2) is 10.4. The van der Waals surface area contributed by atoms with Crippen LogP contribution in [-0.4, -0.2) is 83.7 Å². The molecule has 4 rings (SSSR count). The fourth-order valence-electron chi connectivity index (χ4n) is 5.12. The van der Waals surface area contributed by atoms with Gasteiger partial charge in [-0.25, -0.2) is 14.8 Å². The summed E-state index contributed by atoms with van der Waals surface area (Å²) in [6, 6.07) is 4.51. The lowest BCUT2D eigenvalue weighted by Gasteiger charge is -2.44. The van der Waals surface area contributed by atoms with Crippen LogP contribution in [0.5, 0.6) is 0 Å². The van der Waals surface area contributed by atoms with E-state index >= 15 is 0 Å². The normalized spacial score (nSPS) is 21.9. The largest absolute Gasteiger partial charge is 0.466 e. The first-order valence-corrected chi connectivity index (χ1v) is 11.8. The third-order valence-corrected chi connectivity index (χ3v) is 6.87. The Morgan fingerprint density at radius 3 is 2.39 bits per heavy atom. The minimum Gasteiger partial charge on any atom is -0.466 e. The van der Waals surface area contributed by atoms with E-state index in [2.05, 4.69) is 14.9 Å². The van der Waals surface area contributed by atoms with Crippen molar-refractivity contribution in [2.45, 2.75) is 51.5 Å². The summed E-state index contributed by atoms with van der Waals surface area (Å²) in [5, 5.41) is 3.98. The highest BCUT2D eigenvalue weighted by Crippen LogP contribution is 2.27. The third-order valence-electron chi connectivity index (χ3n) is 6.87. The van der Waals surface area contributed by atoms with Crippen molar-refractivity contribution >= 4 is 17.7 Å². The molecular formula is C23H35N5O3. The Morgan fingerprint density at radius 1 is 1.06 bits per heavy atom. The van der Waals surface area contributed by atoms with E-state index in [1.807, 2.05) is 29.0 Å². The minimum atomic E-state index is -0.137. The van der Waals surface area contributed by atoms with Crippen molar-refractivity contribution in [1.82, 2.24) is 19.8 Å². The van der Waals surface area contributed by atoms with Crippen molar-refractivity contribution in [3.8, 4) is 0 Å². The molecule has 0 spiro atoms. The van der Waals surface area contributed by atoms with Gasteiger partial charge in [-0.2, -0.15) is 0 Å². The SMILES string of the molecule is CCOC(=O)C1CCN(C(=O)N(c2cccnc2)N2CCN(C3CCCC3)CC2)CC1. The first-order chi connectivity index (χ1) is 15.2. The van der Waals surface area contributed by atoms with Gasteiger partial charge in [-0.05, 0) is 44.7 Å². The number of aromatic nitrogens is 1. The molecule has 8 heteroatoms. The molecule has 2 saturated heterocycles. The molecule has 0 aromatic carbocycles. The molecule has 1 aromatic rings. The highest BCUT2D eigenvalue weighted by atomic mass is 16.5. The number of amides is 2. The molecule has 0 bridgehead atoms. The summed E-state index contributed by atoms with van der Waals surface area (Å²) in [4.78, 5) is 34.4. The van der Waals surface area contributed by atoms with E-state index in [0.717, 1.165) is 31.9 Å². The predicted octanol–water partition coefficient (Wildman–Crippen LogP) is 2.76. The summed E-state index contributed by atoms with van der Waals surface area (Å²) in [6.07, 6.45) is 10.1. The van der Waals surface area contributed by atoms with Crippen LogP contribution >= 0.6 is 0 Å². The van der Waals surface area contributed by atoms with Gasteiger partial charge in [0.2, 0.25) is 0 Å². The Labute approximate surface area is 185 Å². The second-order valence-corrected chi connectivity index (χ2v) is 8.75. The Hall–Kier alpha value is -2.19. The number of hydrogen-bond acceptors (Lipinski definition) is 6. The zero-order chi connectivity index (χ0) is 21.6. The molecule has 1 aromatic heterocycles. The highest BCUT2D eigenvalue weighted by molar-refractivity contribution is 5.91. The van der Waals surface area contributed by atoms with Crippen LogP contribution in [0.3, 0.4) is 0 Å². The summed E-state index contributed by atoms with van der Waals surface area (Å²) in [5.41, 5.74) is 0.800. The summed E-state index contributed by atoms with van der Waals surface area (Å²) in [5.74, 6) is -0.243. The predicted molar refractivity (Wildman–Crippen MR) is 118 cm³/mol. The van der Waals surface area contributed by atoms with Crippen LogP contribution < -0.4 is 5.01 Å². The number of pyridine rings is 1. The molecule has 3 heterocycles. The fraction of sp³-hybridized carbons (Fsp3) is 0.696. The average molecular weight is 430 g/mol. The topological polar surface area (TPSA) is 69.2 Å². The van der Waals surface area contributed by atoms with Crippen LogP contribution in [0.15, 0.2) is 24.5 Å². The van der Waals surface area contributed by atoms with Gasteiger partial charge in [0.15, 0.2) is 0 Å². The smallest absolute Gasteiger partial charge is 0.339 e. The summed E-state index contributed by atoms with van der Waals surface area (Å²) in [6.45, 7) is 7.00. The summed E-state index contributed by atoms with van der Waals surface area (Å²) in [7, 11) is 0. The molecule has 1 saturated carbocycles. The van der Waals surface area contributed by atoms with E-state index in [9.17, 15) is 9.59 Å². The van der Waals surface area contributed by atoms with E-state index in [-0.39, 0.29) is 17.9 Å². The zero-order valence-electron chi connectivity index (χ0n) is 18.6. The van der Waals surface area contributed by atoms with Gasteiger partial charge in [-0.15, -0.1) is 0 Å². The van der Waals surface area contributed by atoms with Crippen molar-refractivity contribution < 1.29 is 14.3 Å². The summed E-state index contributed by atoms with van der Waals surface area (Å²) < 4.78 is 5.17. The number of urea groups is 1. The standard InChI is InChI=1S/C23H35N5O3/c1-2-31-22(29)19-9-12-26(13-10-19)23(30)28(21-8-5-11-24-18-21)27-16-14-25(15-17-27)20-6-3-4-7-20/h5,8,11,18-20H,2-4,6-7,9-10,12-17H2,1H3. The number of piperidine rings is 1. The Bertz CT molecular complexity index is 724. The van der Waals surface area contributed by atoms with E-state index in [1.165, 1.54) is 25.7 Å². The van der Waals surface area contributed by atoms with Crippen molar-refractivity contribution in [1.29, 1.82) is 0 Å². The molecule has 31 heavy (non-hydrogen) atoms. The number of anilines is 1. The quantitative estimate of drug-likeness (QED) is 0.671. The lowest BCUT2D eigenvalue weighted by molar-refractivity contribution is -0.149. The molecule has 0 radical (unpaired) electrons. The number of nitrogens with zero attached hydrogens (tertiary/aromatic N) is 5.